The molecule has 0 bridgehead atoms. The van der Waals surface area contributed by atoms with Gasteiger partial charge in [0.15, 0.2) is 6.10 Å². The number of nitrogens with one attached hydrogen (secondary N) is 2. The third-order valence-corrected chi connectivity index (χ3v) is 4.61. The van der Waals surface area contributed by atoms with Crippen LogP contribution in [0.3, 0.4) is 0 Å². The van der Waals surface area contributed by atoms with Gasteiger partial charge in [-0.1, -0.05) is 24.3 Å². The van der Waals surface area contributed by atoms with E-state index in [-0.39, 0.29) is 31.0 Å². The van der Waals surface area contributed by atoms with E-state index in [1.54, 1.807) is 11.9 Å². The minimum atomic E-state index is -0.850. The molecular weight excluding hydrogens is 322 g/mol. The first-order valence-corrected chi connectivity index (χ1v) is 8.47. The Bertz CT molecular complexity index is 687. The summed E-state index contributed by atoms with van der Waals surface area (Å²) in [6, 6.07) is 7.32. The summed E-state index contributed by atoms with van der Waals surface area (Å²) in [6.45, 7) is 1.69. The fraction of sp³-hybridized carbons (Fsp3) is 0.500. The zero-order chi connectivity index (χ0) is 18.0. The van der Waals surface area contributed by atoms with Gasteiger partial charge in [-0.2, -0.15) is 0 Å². The number of hydrogen-bond donors (Lipinski definition) is 2. The van der Waals surface area contributed by atoms with Gasteiger partial charge in [0.25, 0.3) is 5.91 Å². The standard InChI is InChI=1S/C18H23N3O4/c1-11-5-3-4-6-13(11)16-17(25-10-15(23)21(16)2)18(24)19-9-14(22)20-12-7-8-12/h3-6,12,16-17H,7-10H2,1-2H3,(H,19,24)(H,20,22)/t16-,17+/m1/s1. The molecule has 0 spiro atoms. The lowest BCUT2D eigenvalue weighted by molar-refractivity contribution is -0.162. The van der Waals surface area contributed by atoms with Crippen LogP contribution in [-0.2, 0) is 19.1 Å². The van der Waals surface area contributed by atoms with Crippen molar-refractivity contribution in [1.29, 1.82) is 0 Å². The summed E-state index contributed by atoms with van der Waals surface area (Å²) >= 11 is 0. The molecule has 134 valence electrons. The second-order valence-electron chi connectivity index (χ2n) is 6.60. The maximum Gasteiger partial charge on any atom is 0.252 e. The number of carbonyl (C=O) groups is 3. The van der Waals surface area contributed by atoms with Crippen LogP contribution < -0.4 is 10.6 Å². The Morgan fingerprint density at radius 2 is 2.00 bits per heavy atom. The SMILES string of the molecule is Cc1ccccc1[C@@H]1[C@@H](C(=O)NCC(=O)NC2CC2)OCC(=O)N1C. The highest BCUT2D eigenvalue weighted by molar-refractivity contribution is 5.89. The Hall–Kier alpha value is -2.41. The van der Waals surface area contributed by atoms with Gasteiger partial charge in [-0.3, -0.25) is 14.4 Å². The molecule has 0 unspecified atom stereocenters. The predicted octanol–water partition coefficient (Wildman–Crippen LogP) is 0.288. The van der Waals surface area contributed by atoms with Crippen molar-refractivity contribution in [3.63, 3.8) is 0 Å². The van der Waals surface area contributed by atoms with Crippen LogP contribution in [0.2, 0.25) is 0 Å². The Morgan fingerprint density at radius 1 is 1.28 bits per heavy atom. The van der Waals surface area contributed by atoms with E-state index < -0.39 is 18.1 Å². The van der Waals surface area contributed by atoms with E-state index >= 15 is 0 Å². The summed E-state index contributed by atoms with van der Waals surface area (Å²) in [4.78, 5) is 38.0. The van der Waals surface area contributed by atoms with Crippen molar-refractivity contribution in [3.05, 3.63) is 35.4 Å². The Morgan fingerprint density at radius 3 is 2.68 bits per heavy atom. The molecule has 3 amide bonds. The van der Waals surface area contributed by atoms with E-state index in [0.29, 0.717) is 0 Å². The largest absolute Gasteiger partial charge is 0.356 e. The summed E-state index contributed by atoms with van der Waals surface area (Å²) in [5.74, 6) is -0.772. The predicted molar refractivity (Wildman–Crippen MR) is 90.6 cm³/mol. The zero-order valence-corrected chi connectivity index (χ0v) is 14.5. The quantitative estimate of drug-likeness (QED) is 0.803. The van der Waals surface area contributed by atoms with Crippen LogP contribution in [0.1, 0.15) is 30.0 Å². The van der Waals surface area contributed by atoms with Crippen molar-refractivity contribution in [2.45, 2.75) is 38.0 Å². The maximum absolute atomic E-state index is 12.6. The number of benzene rings is 1. The maximum atomic E-state index is 12.6. The second-order valence-corrected chi connectivity index (χ2v) is 6.60. The molecule has 2 aliphatic rings. The number of aryl methyl sites for hydroxylation is 1. The van der Waals surface area contributed by atoms with Crippen LogP contribution >= 0.6 is 0 Å². The number of likely N-dealkylation sites (N-methyl/N-ethyl adjacent to an activating group) is 1. The molecule has 7 nitrogen and oxygen atoms in total. The lowest BCUT2D eigenvalue weighted by atomic mass is 9.94. The van der Waals surface area contributed by atoms with E-state index in [1.165, 1.54) is 0 Å². The second kappa shape index (κ2) is 7.23. The van der Waals surface area contributed by atoms with Crippen molar-refractivity contribution in [2.24, 2.45) is 0 Å². The molecule has 1 aromatic carbocycles. The molecule has 1 aromatic rings. The summed E-state index contributed by atoms with van der Waals surface area (Å²) in [7, 11) is 1.67. The molecule has 1 aliphatic carbocycles. The minimum absolute atomic E-state index is 0.0899. The number of morpholine rings is 1. The fourth-order valence-corrected chi connectivity index (χ4v) is 3.00. The normalized spacial score (nSPS) is 23.3. The molecule has 0 aromatic heterocycles. The van der Waals surface area contributed by atoms with Crippen LogP contribution in [-0.4, -0.2) is 55.0 Å². The molecule has 1 aliphatic heterocycles. The van der Waals surface area contributed by atoms with E-state index in [1.807, 2.05) is 31.2 Å². The molecule has 1 saturated carbocycles. The molecule has 2 atom stereocenters. The van der Waals surface area contributed by atoms with Crippen LogP contribution in [0.15, 0.2) is 24.3 Å². The first kappa shape index (κ1) is 17.4. The highest BCUT2D eigenvalue weighted by Crippen LogP contribution is 2.31. The molecule has 2 fully saturated rings. The van der Waals surface area contributed by atoms with Gasteiger partial charge < -0.3 is 20.3 Å². The number of amides is 3. The van der Waals surface area contributed by atoms with Gasteiger partial charge in [0.05, 0.1) is 12.6 Å². The average Bonchev–Trinajstić information content (AvgIpc) is 3.40. The summed E-state index contributed by atoms with van der Waals surface area (Å²) in [5.41, 5.74) is 1.84. The molecule has 2 N–H and O–H groups in total. The molecule has 3 rings (SSSR count). The lowest BCUT2D eigenvalue weighted by Crippen LogP contribution is -2.54. The lowest BCUT2D eigenvalue weighted by Gasteiger charge is -2.38. The van der Waals surface area contributed by atoms with Crippen molar-refractivity contribution >= 4 is 17.7 Å². The topological polar surface area (TPSA) is 87.7 Å². The zero-order valence-electron chi connectivity index (χ0n) is 14.5. The first-order valence-electron chi connectivity index (χ1n) is 8.47. The van der Waals surface area contributed by atoms with E-state index in [4.69, 9.17) is 4.74 Å². The molecule has 0 radical (unpaired) electrons. The Balaban J connectivity index is 1.72. The highest BCUT2D eigenvalue weighted by atomic mass is 16.5. The average molecular weight is 345 g/mol. The van der Waals surface area contributed by atoms with Crippen molar-refractivity contribution in [1.82, 2.24) is 15.5 Å². The smallest absolute Gasteiger partial charge is 0.252 e. The van der Waals surface area contributed by atoms with Crippen molar-refractivity contribution < 1.29 is 19.1 Å². The third-order valence-electron chi connectivity index (χ3n) is 4.61. The van der Waals surface area contributed by atoms with Crippen molar-refractivity contribution in [3.8, 4) is 0 Å². The first-order chi connectivity index (χ1) is 12.0. The number of ether oxygens (including phenoxy) is 1. The van der Waals surface area contributed by atoms with Crippen molar-refractivity contribution in [2.75, 3.05) is 20.2 Å². The third kappa shape index (κ3) is 3.99. The molecular formula is C18H23N3O4. The number of hydrogen-bond acceptors (Lipinski definition) is 4. The number of carbonyl (C=O) groups excluding carboxylic acids is 3. The summed E-state index contributed by atoms with van der Waals surface area (Å²) in [6.07, 6.45) is 1.14. The van der Waals surface area contributed by atoms with Crippen LogP contribution in [0.5, 0.6) is 0 Å². The van der Waals surface area contributed by atoms with E-state index in [9.17, 15) is 14.4 Å². The monoisotopic (exact) mass is 345 g/mol. The number of nitrogens with zero attached hydrogens (tertiary/aromatic N) is 1. The van der Waals surface area contributed by atoms with Crippen LogP contribution in [0, 0.1) is 6.92 Å². The molecule has 7 heteroatoms. The van der Waals surface area contributed by atoms with Gasteiger partial charge in [0.1, 0.15) is 6.61 Å². The fourth-order valence-electron chi connectivity index (χ4n) is 3.00. The van der Waals surface area contributed by atoms with Crippen LogP contribution in [0.25, 0.3) is 0 Å². The van der Waals surface area contributed by atoms with Crippen LogP contribution in [0.4, 0.5) is 0 Å². The van der Waals surface area contributed by atoms with E-state index in [0.717, 1.165) is 24.0 Å². The molecule has 1 heterocycles. The minimum Gasteiger partial charge on any atom is -0.356 e. The number of rotatable bonds is 5. The van der Waals surface area contributed by atoms with E-state index in [2.05, 4.69) is 10.6 Å². The van der Waals surface area contributed by atoms with Gasteiger partial charge in [-0.25, -0.2) is 0 Å². The van der Waals surface area contributed by atoms with Gasteiger partial charge in [-0.15, -0.1) is 0 Å². The van der Waals surface area contributed by atoms with Gasteiger partial charge in [0.2, 0.25) is 11.8 Å². The highest BCUT2D eigenvalue weighted by Gasteiger charge is 2.40. The summed E-state index contributed by atoms with van der Waals surface area (Å²) < 4.78 is 5.54. The molecule has 1 saturated heterocycles. The van der Waals surface area contributed by atoms with Gasteiger partial charge in [0, 0.05) is 13.1 Å². The van der Waals surface area contributed by atoms with Gasteiger partial charge in [-0.05, 0) is 30.9 Å². The Kier molecular flexibility index (Phi) is 5.03. The summed E-state index contributed by atoms with van der Waals surface area (Å²) in [5, 5.41) is 5.45. The Labute approximate surface area is 146 Å². The van der Waals surface area contributed by atoms with Gasteiger partial charge >= 0.3 is 0 Å². The molecule has 25 heavy (non-hydrogen) atoms.